The summed E-state index contributed by atoms with van der Waals surface area (Å²) in [6.07, 6.45) is 5.78. The van der Waals surface area contributed by atoms with Crippen molar-refractivity contribution in [3.63, 3.8) is 0 Å². The van der Waals surface area contributed by atoms with Crippen molar-refractivity contribution in [1.82, 2.24) is 14.3 Å². The van der Waals surface area contributed by atoms with Crippen LogP contribution in [-0.2, 0) is 4.79 Å². The van der Waals surface area contributed by atoms with Crippen LogP contribution in [0.2, 0.25) is 0 Å². The van der Waals surface area contributed by atoms with Gasteiger partial charge in [0, 0.05) is 30.8 Å². The Morgan fingerprint density at radius 3 is 2.68 bits per heavy atom. The smallest absolute Gasteiger partial charge is 0.255 e. The van der Waals surface area contributed by atoms with Gasteiger partial charge in [-0.2, -0.15) is 0 Å². The minimum atomic E-state index is -0.479. The van der Waals surface area contributed by atoms with Crippen LogP contribution in [0.1, 0.15) is 28.3 Å². The van der Waals surface area contributed by atoms with Gasteiger partial charge in [0.05, 0.1) is 23.2 Å². The number of amides is 2. The van der Waals surface area contributed by atoms with Crippen molar-refractivity contribution in [2.24, 2.45) is 0 Å². The number of likely N-dealkylation sites (tertiary alicyclic amines) is 1. The highest BCUT2D eigenvalue weighted by molar-refractivity contribution is 6.04. The molecule has 3 heterocycles. The molecule has 1 saturated heterocycles. The van der Waals surface area contributed by atoms with Crippen LogP contribution in [0.3, 0.4) is 0 Å². The van der Waals surface area contributed by atoms with Gasteiger partial charge in [-0.05, 0) is 60.0 Å². The van der Waals surface area contributed by atoms with Crippen molar-refractivity contribution in [3.8, 4) is 11.3 Å². The molecule has 2 amide bonds. The van der Waals surface area contributed by atoms with Gasteiger partial charge in [0.1, 0.15) is 5.82 Å². The number of nitrogens with one attached hydrogen (secondary N) is 1. The molecular weight excluding hydrogens is 431 g/mol. The van der Waals surface area contributed by atoms with Crippen molar-refractivity contribution in [3.05, 3.63) is 103 Å². The molecule has 170 valence electrons. The lowest BCUT2D eigenvalue weighted by molar-refractivity contribution is -0.125. The number of para-hydroxylation sites is 1. The summed E-state index contributed by atoms with van der Waals surface area (Å²) in [4.78, 5) is 30.7. The number of anilines is 1. The normalized spacial score (nSPS) is 15.4. The summed E-state index contributed by atoms with van der Waals surface area (Å²) < 4.78 is 15.9. The Hall–Kier alpha value is -4.26. The number of benzene rings is 2. The zero-order chi connectivity index (χ0) is 23.7. The molecule has 7 heteroatoms. The van der Waals surface area contributed by atoms with Crippen LogP contribution in [-0.4, -0.2) is 39.2 Å². The molecule has 4 aromatic rings. The summed E-state index contributed by atoms with van der Waals surface area (Å²) in [5.74, 6) is -0.678. The van der Waals surface area contributed by atoms with E-state index >= 15 is 0 Å². The lowest BCUT2D eigenvalue weighted by Gasteiger charge is -2.13. The number of nitrogens with zero attached hydrogens (tertiary/aromatic N) is 3. The largest absolute Gasteiger partial charge is 0.339 e. The van der Waals surface area contributed by atoms with Crippen LogP contribution in [0.5, 0.6) is 0 Å². The van der Waals surface area contributed by atoms with E-state index in [0.29, 0.717) is 18.7 Å². The maximum atomic E-state index is 13.9. The second kappa shape index (κ2) is 8.94. The van der Waals surface area contributed by atoms with Crippen LogP contribution < -0.4 is 5.32 Å². The molecule has 2 aromatic heterocycles. The Kier molecular flexibility index (Phi) is 5.67. The second-order valence-electron chi connectivity index (χ2n) is 8.31. The Bertz CT molecular complexity index is 1390. The number of aromatic nitrogens is 2. The molecule has 1 unspecified atom stereocenters. The number of rotatable bonds is 5. The zero-order valence-corrected chi connectivity index (χ0v) is 18.4. The van der Waals surface area contributed by atoms with E-state index in [-0.39, 0.29) is 23.4 Å². The van der Waals surface area contributed by atoms with E-state index in [1.807, 2.05) is 27.5 Å². The fourth-order valence-corrected chi connectivity index (χ4v) is 4.52. The molecule has 0 radical (unpaired) electrons. The minimum Gasteiger partial charge on any atom is -0.339 e. The van der Waals surface area contributed by atoms with Crippen molar-refractivity contribution in [2.75, 3.05) is 18.4 Å². The van der Waals surface area contributed by atoms with Gasteiger partial charge < -0.3 is 14.6 Å². The van der Waals surface area contributed by atoms with Crippen LogP contribution in [0, 0.1) is 5.82 Å². The van der Waals surface area contributed by atoms with E-state index in [9.17, 15) is 14.0 Å². The van der Waals surface area contributed by atoms with Gasteiger partial charge in [-0.1, -0.05) is 30.8 Å². The molecule has 1 atom stereocenters. The fraction of sp³-hybridized carbons (Fsp3) is 0.148. The van der Waals surface area contributed by atoms with Crippen LogP contribution in [0.25, 0.3) is 16.8 Å². The number of carbonyl (C=O) groups excluding carboxylic acids is 2. The second-order valence-corrected chi connectivity index (χ2v) is 8.31. The van der Waals surface area contributed by atoms with Gasteiger partial charge in [-0.15, -0.1) is 0 Å². The maximum absolute atomic E-state index is 13.9. The van der Waals surface area contributed by atoms with E-state index in [1.165, 1.54) is 18.2 Å². The average Bonchev–Trinajstić information content (AvgIpc) is 3.50. The molecule has 0 bridgehead atoms. The van der Waals surface area contributed by atoms with Gasteiger partial charge in [0.2, 0.25) is 5.91 Å². The first-order valence-electron chi connectivity index (χ1n) is 11.1. The number of hydrogen-bond donors (Lipinski definition) is 1. The lowest BCUT2D eigenvalue weighted by atomic mass is 9.98. The molecule has 0 aliphatic carbocycles. The third kappa shape index (κ3) is 3.96. The minimum absolute atomic E-state index is 0.0443. The SMILES string of the molecule is C=CC(=O)N1CCC(c2cc(-c3ccc(C(=O)Nc4ccccc4F)cc3)n3cnccc23)C1. The summed E-state index contributed by atoms with van der Waals surface area (Å²) in [6.45, 7) is 4.95. The quantitative estimate of drug-likeness (QED) is 0.437. The van der Waals surface area contributed by atoms with E-state index in [2.05, 4.69) is 22.9 Å². The Labute approximate surface area is 196 Å². The molecule has 6 nitrogen and oxygen atoms in total. The van der Waals surface area contributed by atoms with Gasteiger partial charge in [-0.3, -0.25) is 9.59 Å². The first-order chi connectivity index (χ1) is 16.5. The first-order valence-corrected chi connectivity index (χ1v) is 11.1. The predicted octanol–water partition coefficient (Wildman–Crippen LogP) is 4.89. The maximum Gasteiger partial charge on any atom is 0.255 e. The fourth-order valence-electron chi connectivity index (χ4n) is 4.52. The van der Waals surface area contributed by atoms with E-state index in [4.69, 9.17) is 0 Å². The van der Waals surface area contributed by atoms with Crippen LogP contribution in [0.15, 0.2) is 85.8 Å². The Balaban J connectivity index is 1.42. The summed E-state index contributed by atoms with van der Waals surface area (Å²) >= 11 is 0. The van der Waals surface area contributed by atoms with Gasteiger partial charge >= 0.3 is 0 Å². The van der Waals surface area contributed by atoms with Gasteiger partial charge in [0.15, 0.2) is 0 Å². The lowest BCUT2D eigenvalue weighted by Crippen LogP contribution is -2.26. The molecular formula is C27H23FN4O2. The topological polar surface area (TPSA) is 66.7 Å². The first kappa shape index (κ1) is 21.6. The van der Waals surface area contributed by atoms with Crippen molar-refractivity contribution < 1.29 is 14.0 Å². The Morgan fingerprint density at radius 1 is 1.12 bits per heavy atom. The number of hydrogen-bond acceptors (Lipinski definition) is 3. The third-order valence-electron chi connectivity index (χ3n) is 6.29. The highest BCUT2D eigenvalue weighted by atomic mass is 19.1. The summed E-state index contributed by atoms with van der Waals surface area (Å²) in [5.41, 5.74) is 4.66. The van der Waals surface area contributed by atoms with Crippen molar-refractivity contribution in [2.45, 2.75) is 12.3 Å². The molecule has 34 heavy (non-hydrogen) atoms. The summed E-state index contributed by atoms with van der Waals surface area (Å²) in [7, 11) is 0. The predicted molar refractivity (Wildman–Crippen MR) is 129 cm³/mol. The van der Waals surface area contributed by atoms with Crippen LogP contribution in [0.4, 0.5) is 10.1 Å². The van der Waals surface area contributed by atoms with Gasteiger partial charge in [-0.25, -0.2) is 9.37 Å². The monoisotopic (exact) mass is 454 g/mol. The third-order valence-corrected chi connectivity index (χ3v) is 6.29. The molecule has 1 aliphatic heterocycles. The molecule has 2 aromatic carbocycles. The van der Waals surface area contributed by atoms with E-state index in [0.717, 1.165) is 28.8 Å². The van der Waals surface area contributed by atoms with Crippen molar-refractivity contribution in [1.29, 1.82) is 0 Å². The molecule has 5 rings (SSSR count). The standard InChI is InChI=1S/C27H23FN4O2/c1-2-26(33)31-14-12-20(16-31)21-15-25(32-17-29-13-11-24(21)32)18-7-9-19(10-8-18)27(34)30-23-6-4-3-5-22(23)28/h2-11,13,15,17,20H,1,12,14,16H2,(H,30,34). The number of fused-ring (bicyclic) bond motifs is 1. The van der Waals surface area contributed by atoms with Crippen molar-refractivity contribution >= 4 is 23.0 Å². The molecule has 1 N–H and O–H groups in total. The molecule has 0 spiro atoms. The van der Waals surface area contributed by atoms with E-state index < -0.39 is 5.82 Å². The molecule has 1 aliphatic rings. The highest BCUT2D eigenvalue weighted by Crippen LogP contribution is 2.35. The van der Waals surface area contributed by atoms with Crippen LogP contribution >= 0.6 is 0 Å². The molecule has 0 saturated carbocycles. The zero-order valence-electron chi connectivity index (χ0n) is 18.4. The summed E-state index contributed by atoms with van der Waals surface area (Å²) in [5, 5.41) is 2.61. The highest BCUT2D eigenvalue weighted by Gasteiger charge is 2.28. The molecule has 1 fully saturated rings. The van der Waals surface area contributed by atoms with Gasteiger partial charge in [0.25, 0.3) is 5.91 Å². The number of carbonyl (C=O) groups is 2. The Morgan fingerprint density at radius 2 is 1.91 bits per heavy atom. The average molecular weight is 455 g/mol. The number of halogens is 1. The van der Waals surface area contributed by atoms with E-state index in [1.54, 1.807) is 36.8 Å². The summed E-state index contributed by atoms with van der Waals surface area (Å²) in [6, 6.07) is 17.4.